The minimum Gasteiger partial charge on any atom is -0.355 e. The smallest absolute Gasteiger partial charge is 0.242 e. The maximum atomic E-state index is 13.1. The summed E-state index contributed by atoms with van der Waals surface area (Å²) in [7, 11) is 0. The lowest BCUT2D eigenvalue weighted by molar-refractivity contribution is -0.139. The van der Waals surface area contributed by atoms with Gasteiger partial charge in [0.25, 0.3) is 0 Å². The van der Waals surface area contributed by atoms with Crippen LogP contribution in [0.25, 0.3) is 0 Å². The van der Waals surface area contributed by atoms with Gasteiger partial charge in [0.2, 0.25) is 11.8 Å². The van der Waals surface area contributed by atoms with Crippen molar-refractivity contribution in [2.75, 3.05) is 12.3 Å². The van der Waals surface area contributed by atoms with Gasteiger partial charge < -0.3 is 10.2 Å². The summed E-state index contributed by atoms with van der Waals surface area (Å²) in [6.45, 7) is 6.80. The number of amides is 2. The summed E-state index contributed by atoms with van der Waals surface area (Å²) in [5.41, 5.74) is 2.16. The highest BCUT2D eigenvalue weighted by Crippen LogP contribution is 2.22. The van der Waals surface area contributed by atoms with E-state index in [2.05, 4.69) is 5.32 Å². The van der Waals surface area contributed by atoms with Gasteiger partial charge in [-0.3, -0.25) is 9.59 Å². The summed E-state index contributed by atoms with van der Waals surface area (Å²) >= 11 is 7.38. The van der Waals surface area contributed by atoms with Crippen LogP contribution in [0.4, 0.5) is 0 Å². The monoisotopic (exact) mass is 418 g/mol. The molecule has 0 fully saturated rings. The Hall–Kier alpha value is -1.98. The first-order chi connectivity index (χ1) is 13.5. The molecule has 2 amide bonds. The van der Waals surface area contributed by atoms with Crippen molar-refractivity contribution in [3.63, 3.8) is 0 Å². The summed E-state index contributed by atoms with van der Waals surface area (Å²) in [4.78, 5) is 28.4. The van der Waals surface area contributed by atoms with E-state index in [1.807, 2.05) is 69.3 Å². The van der Waals surface area contributed by atoms with Crippen LogP contribution in [-0.2, 0) is 16.1 Å². The van der Waals surface area contributed by atoms with Crippen LogP contribution in [0.2, 0.25) is 5.02 Å². The zero-order valence-electron chi connectivity index (χ0n) is 16.6. The quantitative estimate of drug-likeness (QED) is 0.601. The predicted molar refractivity (Wildman–Crippen MR) is 117 cm³/mol. The molecule has 0 bridgehead atoms. The molecular formula is C22H27ClN2O2S. The van der Waals surface area contributed by atoms with Crippen LogP contribution in [0.3, 0.4) is 0 Å². The lowest BCUT2D eigenvalue weighted by atomic mass is 10.1. The summed E-state index contributed by atoms with van der Waals surface area (Å²) in [6.07, 6.45) is 0.565. The number of aryl methyl sites for hydroxylation is 1. The number of nitrogens with zero attached hydrogens (tertiary/aromatic N) is 1. The van der Waals surface area contributed by atoms with Crippen molar-refractivity contribution in [2.24, 2.45) is 0 Å². The van der Waals surface area contributed by atoms with Crippen LogP contribution in [0, 0.1) is 6.92 Å². The van der Waals surface area contributed by atoms with E-state index >= 15 is 0 Å². The van der Waals surface area contributed by atoms with Crippen LogP contribution < -0.4 is 5.32 Å². The molecule has 2 aromatic rings. The van der Waals surface area contributed by atoms with E-state index in [4.69, 9.17) is 11.6 Å². The third-order valence-corrected chi connectivity index (χ3v) is 5.76. The van der Waals surface area contributed by atoms with Gasteiger partial charge in [0, 0.05) is 23.0 Å². The predicted octanol–water partition coefficient (Wildman–Crippen LogP) is 4.68. The Balaban J connectivity index is 2.20. The number of likely N-dealkylation sites (N-methyl/N-ethyl adjacent to an activating group) is 1. The maximum absolute atomic E-state index is 13.1. The van der Waals surface area contributed by atoms with E-state index in [9.17, 15) is 9.59 Å². The molecule has 0 aliphatic heterocycles. The Bertz CT molecular complexity index is 795. The normalized spacial score (nSPS) is 11.7. The van der Waals surface area contributed by atoms with Gasteiger partial charge in [-0.15, -0.1) is 11.8 Å². The number of thioether (sulfide) groups is 1. The largest absolute Gasteiger partial charge is 0.355 e. The minimum absolute atomic E-state index is 0.0543. The summed E-state index contributed by atoms with van der Waals surface area (Å²) in [5.74, 6) is 0.105. The Kier molecular flexibility index (Phi) is 8.87. The zero-order valence-corrected chi connectivity index (χ0v) is 18.1. The van der Waals surface area contributed by atoms with E-state index in [0.717, 1.165) is 16.0 Å². The molecule has 0 aliphatic rings. The van der Waals surface area contributed by atoms with E-state index in [-0.39, 0.29) is 17.6 Å². The van der Waals surface area contributed by atoms with Gasteiger partial charge in [0.05, 0.1) is 5.75 Å². The molecule has 2 aromatic carbocycles. The molecule has 0 unspecified atom stereocenters. The first-order valence-corrected chi connectivity index (χ1v) is 10.8. The second kappa shape index (κ2) is 11.1. The van der Waals surface area contributed by atoms with Crippen LogP contribution in [-0.4, -0.2) is 35.1 Å². The molecule has 6 heteroatoms. The standard InChI is InChI=1S/C22H27ClN2O2S/c1-4-20(22(27)24-5-2)25(14-17-9-7-6-8-16(17)3)21(26)15-28-19-12-10-18(23)11-13-19/h6-13,20H,4-5,14-15H2,1-3H3,(H,24,27)/t20-/m1/s1. The van der Waals surface area contributed by atoms with Gasteiger partial charge in [-0.25, -0.2) is 0 Å². The first kappa shape index (κ1) is 22.3. The van der Waals surface area contributed by atoms with E-state index in [1.165, 1.54) is 11.8 Å². The fraction of sp³-hybridized carbons (Fsp3) is 0.364. The Labute approximate surface area is 176 Å². The minimum atomic E-state index is -0.488. The van der Waals surface area contributed by atoms with Crippen LogP contribution in [0.1, 0.15) is 31.4 Å². The highest BCUT2D eigenvalue weighted by Gasteiger charge is 2.28. The van der Waals surface area contributed by atoms with E-state index in [1.54, 1.807) is 4.90 Å². The SMILES string of the molecule is CCNC(=O)[C@@H](CC)N(Cc1ccccc1C)C(=O)CSc1ccc(Cl)cc1. The number of hydrogen-bond donors (Lipinski definition) is 1. The number of nitrogens with one attached hydrogen (secondary N) is 1. The number of carbonyl (C=O) groups excluding carboxylic acids is 2. The Morgan fingerprint density at radius 2 is 1.79 bits per heavy atom. The van der Waals surface area contributed by atoms with Gasteiger partial charge in [-0.2, -0.15) is 0 Å². The van der Waals surface area contributed by atoms with Crippen LogP contribution >= 0.6 is 23.4 Å². The molecule has 0 spiro atoms. The lowest BCUT2D eigenvalue weighted by Gasteiger charge is -2.31. The molecule has 150 valence electrons. The second-order valence-electron chi connectivity index (χ2n) is 6.51. The fourth-order valence-corrected chi connectivity index (χ4v) is 3.85. The second-order valence-corrected chi connectivity index (χ2v) is 7.99. The van der Waals surface area contributed by atoms with Gasteiger partial charge >= 0.3 is 0 Å². The molecule has 0 saturated heterocycles. The topological polar surface area (TPSA) is 49.4 Å². The molecule has 0 radical (unpaired) electrons. The Morgan fingerprint density at radius 1 is 1.11 bits per heavy atom. The highest BCUT2D eigenvalue weighted by molar-refractivity contribution is 8.00. The van der Waals surface area contributed by atoms with Crippen molar-refractivity contribution in [2.45, 2.75) is 44.7 Å². The van der Waals surface area contributed by atoms with Gasteiger partial charge in [0.15, 0.2) is 0 Å². The maximum Gasteiger partial charge on any atom is 0.242 e. The highest BCUT2D eigenvalue weighted by atomic mass is 35.5. The molecule has 0 aliphatic carbocycles. The molecular weight excluding hydrogens is 392 g/mol. The third kappa shape index (κ3) is 6.28. The zero-order chi connectivity index (χ0) is 20.5. The molecule has 0 aromatic heterocycles. The van der Waals surface area contributed by atoms with Crippen molar-refractivity contribution < 1.29 is 9.59 Å². The first-order valence-electron chi connectivity index (χ1n) is 9.46. The molecule has 2 rings (SSSR count). The summed E-state index contributed by atoms with van der Waals surface area (Å²) in [5, 5.41) is 3.52. The number of halogens is 1. The Morgan fingerprint density at radius 3 is 2.39 bits per heavy atom. The van der Waals surface area contributed by atoms with Crippen molar-refractivity contribution in [3.05, 3.63) is 64.7 Å². The van der Waals surface area contributed by atoms with Gasteiger partial charge in [0.1, 0.15) is 6.04 Å². The molecule has 0 saturated carbocycles. The van der Waals surface area contributed by atoms with Crippen molar-refractivity contribution >= 4 is 35.2 Å². The van der Waals surface area contributed by atoms with Crippen LogP contribution in [0.15, 0.2) is 53.4 Å². The third-order valence-electron chi connectivity index (χ3n) is 4.51. The average molecular weight is 419 g/mol. The molecule has 1 atom stereocenters. The molecule has 28 heavy (non-hydrogen) atoms. The van der Waals surface area contributed by atoms with Crippen molar-refractivity contribution in [1.82, 2.24) is 10.2 Å². The molecule has 1 N–H and O–H groups in total. The van der Waals surface area contributed by atoms with Crippen LogP contribution in [0.5, 0.6) is 0 Å². The van der Waals surface area contributed by atoms with Gasteiger partial charge in [-0.05, 0) is 55.7 Å². The number of benzene rings is 2. The average Bonchev–Trinajstić information content (AvgIpc) is 2.69. The number of carbonyl (C=O) groups is 2. The van der Waals surface area contributed by atoms with Crippen molar-refractivity contribution in [3.8, 4) is 0 Å². The summed E-state index contributed by atoms with van der Waals surface area (Å²) < 4.78 is 0. The van der Waals surface area contributed by atoms with E-state index in [0.29, 0.717) is 24.5 Å². The number of hydrogen-bond acceptors (Lipinski definition) is 3. The summed E-state index contributed by atoms with van der Waals surface area (Å²) in [6, 6.07) is 14.9. The number of rotatable bonds is 9. The van der Waals surface area contributed by atoms with Gasteiger partial charge in [-0.1, -0.05) is 42.8 Å². The lowest BCUT2D eigenvalue weighted by Crippen LogP contribution is -2.49. The molecule has 4 nitrogen and oxygen atoms in total. The van der Waals surface area contributed by atoms with E-state index < -0.39 is 6.04 Å². The van der Waals surface area contributed by atoms with Crippen molar-refractivity contribution in [1.29, 1.82) is 0 Å². The molecule has 0 heterocycles. The fourth-order valence-electron chi connectivity index (χ4n) is 2.94.